The summed E-state index contributed by atoms with van der Waals surface area (Å²) in [5, 5.41) is 14.0. The molecule has 37 heavy (non-hydrogen) atoms. The molecule has 0 radical (unpaired) electrons. The fourth-order valence-corrected chi connectivity index (χ4v) is 8.90. The van der Waals surface area contributed by atoms with Crippen molar-refractivity contribution < 1.29 is 13.9 Å². The SMILES string of the molecule is c1ccc2c(c1)c1ccc3c4c1c1c2ccc[n+]1C41c2c(ccc4c5ccsc5c5ccc[n+]1c5c24)O3. The van der Waals surface area contributed by atoms with Crippen LogP contribution in [0.15, 0.2) is 96.6 Å². The van der Waals surface area contributed by atoms with E-state index >= 15 is 0 Å². The number of pyridine rings is 2. The number of benzene rings is 5. The minimum atomic E-state index is -0.521. The van der Waals surface area contributed by atoms with Crippen molar-refractivity contribution >= 4 is 75.5 Å². The van der Waals surface area contributed by atoms with E-state index in [4.69, 9.17) is 4.74 Å². The molecule has 0 saturated heterocycles. The lowest BCUT2D eigenvalue weighted by Gasteiger charge is -2.26. The highest BCUT2D eigenvalue weighted by molar-refractivity contribution is 7.18. The first kappa shape index (κ1) is 17.8. The lowest BCUT2D eigenvalue weighted by Crippen LogP contribution is -2.72. The van der Waals surface area contributed by atoms with Crippen LogP contribution in [0.1, 0.15) is 11.1 Å². The second-order valence-corrected chi connectivity index (χ2v) is 11.4. The van der Waals surface area contributed by atoms with Gasteiger partial charge in [-0.2, -0.15) is 0 Å². The average Bonchev–Trinajstić information content (AvgIpc) is 3.65. The highest BCUT2D eigenvalue weighted by Crippen LogP contribution is 2.58. The zero-order valence-corrected chi connectivity index (χ0v) is 20.3. The zero-order valence-electron chi connectivity index (χ0n) is 19.4. The Morgan fingerprint density at radius 3 is 1.86 bits per heavy atom. The molecule has 11 rings (SSSR count). The normalized spacial score (nSPS) is 18.1. The van der Waals surface area contributed by atoms with Gasteiger partial charge >= 0.3 is 5.66 Å². The maximum Gasteiger partial charge on any atom is 0.425 e. The maximum atomic E-state index is 6.79. The largest absolute Gasteiger partial charge is 0.456 e. The van der Waals surface area contributed by atoms with Crippen LogP contribution in [0, 0.1) is 0 Å². The van der Waals surface area contributed by atoms with E-state index < -0.39 is 5.66 Å². The summed E-state index contributed by atoms with van der Waals surface area (Å²) in [6.45, 7) is 0. The number of hydrogen-bond donors (Lipinski definition) is 0. The molecule has 1 atom stereocenters. The standard InChI is InChI=1S/C33H16N2OS/c1-2-6-18-17(5-1)19-9-11-24-28-26(19)30-21(18)7-3-14-34(30)33(28)29-25(36-24)12-10-20-22-13-16-37-32(22)23-8-4-15-35(33)31(23)27(20)29/h1-16H/q+2. The first-order valence-corrected chi connectivity index (χ1v) is 13.6. The summed E-state index contributed by atoms with van der Waals surface area (Å²) in [7, 11) is 0. The molecule has 6 heterocycles. The molecule has 1 unspecified atom stereocenters. The second kappa shape index (κ2) is 5.41. The second-order valence-electron chi connectivity index (χ2n) is 10.5. The molecule has 0 saturated carbocycles. The van der Waals surface area contributed by atoms with Crippen LogP contribution in [0.4, 0.5) is 0 Å². The Morgan fingerprint density at radius 2 is 1.14 bits per heavy atom. The fraction of sp³-hybridized carbons (Fsp3) is 0.0303. The van der Waals surface area contributed by atoms with Crippen molar-refractivity contribution in [1.29, 1.82) is 0 Å². The Kier molecular flexibility index (Phi) is 2.61. The lowest BCUT2D eigenvalue weighted by molar-refractivity contribution is -0.945. The highest BCUT2D eigenvalue weighted by atomic mass is 32.1. The summed E-state index contributed by atoms with van der Waals surface area (Å²) < 4.78 is 13.2. The molecule has 0 N–H and O–H groups in total. The molecule has 3 aromatic heterocycles. The van der Waals surface area contributed by atoms with Crippen molar-refractivity contribution in [2.45, 2.75) is 5.66 Å². The van der Waals surface area contributed by atoms with E-state index in [1.165, 1.54) is 75.3 Å². The smallest absolute Gasteiger partial charge is 0.425 e. The summed E-state index contributed by atoms with van der Waals surface area (Å²) in [4.78, 5) is 0. The summed E-state index contributed by atoms with van der Waals surface area (Å²) >= 11 is 1.84. The number of hydrogen-bond acceptors (Lipinski definition) is 2. The van der Waals surface area contributed by atoms with E-state index in [2.05, 4.69) is 106 Å². The van der Waals surface area contributed by atoms with Crippen molar-refractivity contribution in [3.05, 3.63) is 108 Å². The van der Waals surface area contributed by atoms with Gasteiger partial charge in [0.2, 0.25) is 11.0 Å². The molecule has 3 aliphatic heterocycles. The summed E-state index contributed by atoms with van der Waals surface area (Å²) in [5.41, 5.74) is 4.61. The third-order valence-corrected chi connectivity index (χ3v) is 10.1. The van der Waals surface area contributed by atoms with Crippen LogP contribution in [-0.4, -0.2) is 0 Å². The molecule has 3 nitrogen and oxygen atoms in total. The van der Waals surface area contributed by atoms with Gasteiger partial charge in [-0.25, -0.2) is 0 Å². The van der Waals surface area contributed by atoms with Crippen LogP contribution in [-0.2, 0) is 5.66 Å². The monoisotopic (exact) mass is 488 g/mol. The Bertz CT molecular complexity index is 2450. The van der Waals surface area contributed by atoms with Gasteiger partial charge in [0.05, 0.1) is 21.5 Å². The topological polar surface area (TPSA) is 17.0 Å². The number of ether oxygens (including phenoxy) is 1. The molecule has 5 aromatic carbocycles. The van der Waals surface area contributed by atoms with E-state index in [0.717, 1.165) is 11.5 Å². The van der Waals surface area contributed by atoms with Gasteiger partial charge in [-0.05, 0) is 69.4 Å². The molecule has 4 heteroatoms. The van der Waals surface area contributed by atoms with Gasteiger partial charge < -0.3 is 4.74 Å². The molecule has 3 aliphatic rings. The maximum absolute atomic E-state index is 6.79. The number of nitrogens with zero attached hydrogens (tertiary/aromatic N) is 2. The highest BCUT2D eigenvalue weighted by Gasteiger charge is 2.69. The molecule has 0 amide bonds. The predicted molar refractivity (Wildman–Crippen MR) is 148 cm³/mol. The van der Waals surface area contributed by atoms with Crippen LogP contribution < -0.4 is 13.9 Å². The Morgan fingerprint density at radius 1 is 0.541 bits per heavy atom. The summed E-state index contributed by atoms with van der Waals surface area (Å²) in [6, 6.07) is 29.1. The minimum absolute atomic E-state index is 0.521. The van der Waals surface area contributed by atoms with Crippen molar-refractivity contribution in [3.63, 3.8) is 0 Å². The van der Waals surface area contributed by atoms with E-state index in [0.29, 0.717) is 0 Å². The first-order chi connectivity index (χ1) is 18.4. The zero-order chi connectivity index (χ0) is 23.6. The molecule has 0 bridgehead atoms. The van der Waals surface area contributed by atoms with Gasteiger partial charge in [0, 0.05) is 22.2 Å². The molecule has 0 fully saturated rings. The quantitative estimate of drug-likeness (QED) is 0.162. The van der Waals surface area contributed by atoms with Gasteiger partial charge in [-0.3, -0.25) is 0 Å². The third-order valence-electron chi connectivity index (χ3n) is 9.12. The van der Waals surface area contributed by atoms with E-state index in [1.807, 2.05) is 11.3 Å². The van der Waals surface area contributed by atoms with Crippen molar-refractivity contribution in [2.75, 3.05) is 0 Å². The first-order valence-electron chi connectivity index (χ1n) is 12.7. The number of aromatic nitrogens is 2. The van der Waals surface area contributed by atoms with Crippen molar-refractivity contribution in [1.82, 2.24) is 0 Å². The van der Waals surface area contributed by atoms with Crippen LogP contribution >= 0.6 is 11.3 Å². The van der Waals surface area contributed by atoms with E-state index in [-0.39, 0.29) is 0 Å². The van der Waals surface area contributed by atoms with E-state index in [9.17, 15) is 0 Å². The van der Waals surface area contributed by atoms with Crippen LogP contribution in [0.25, 0.3) is 64.2 Å². The van der Waals surface area contributed by atoms with E-state index in [1.54, 1.807) is 0 Å². The Labute approximate surface area is 214 Å². The Balaban J connectivity index is 1.52. The molecule has 8 aromatic rings. The predicted octanol–water partition coefficient (Wildman–Crippen LogP) is 7.27. The molecular formula is C33H16N2OS+2. The molecule has 168 valence electrons. The van der Waals surface area contributed by atoms with Crippen molar-refractivity contribution in [3.8, 4) is 11.5 Å². The third kappa shape index (κ3) is 1.60. The fourth-order valence-electron chi connectivity index (χ4n) is 7.96. The molecule has 0 aliphatic carbocycles. The molecule has 1 spiro atoms. The average molecular weight is 489 g/mol. The van der Waals surface area contributed by atoms with Gasteiger partial charge in [0.15, 0.2) is 23.5 Å². The number of fused-ring (bicyclic) bond motifs is 6. The Hall–Kier alpha value is -4.54. The van der Waals surface area contributed by atoms with Crippen LogP contribution in [0.3, 0.4) is 0 Å². The van der Waals surface area contributed by atoms with Crippen LogP contribution in [0.2, 0.25) is 0 Å². The minimum Gasteiger partial charge on any atom is -0.456 e. The van der Waals surface area contributed by atoms with Gasteiger partial charge in [0.25, 0.3) is 0 Å². The molecular weight excluding hydrogens is 472 g/mol. The van der Waals surface area contributed by atoms with Gasteiger partial charge in [-0.1, -0.05) is 24.3 Å². The number of rotatable bonds is 0. The van der Waals surface area contributed by atoms with Gasteiger partial charge in [0.1, 0.15) is 11.5 Å². The van der Waals surface area contributed by atoms with Crippen molar-refractivity contribution in [2.24, 2.45) is 0 Å². The number of thiophene rings is 1. The summed E-state index contributed by atoms with van der Waals surface area (Å²) in [6.07, 6.45) is 4.57. The van der Waals surface area contributed by atoms with Gasteiger partial charge in [-0.15, -0.1) is 20.5 Å². The van der Waals surface area contributed by atoms with Crippen LogP contribution in [0.5, 0.6) is 11.5 Å². The summed E-state index contributed by atoms with van der Waals surface area (Å²) in [5.74, 6) is 1.92. The lowest BCUT2D eigenvalue weighted by atomic mass is 9.85.